The van der Waals surface area contributed by atoms with Gasteiger partial charge in [-0.15, -0.1) is 0 Å². The molecule has 1 amide bonds. The van der Waals surface area contributed by atoms with Crippen molar-refractivity contribution in [2.75, 3.05) is 6.54 Å². The van der Waals surface area contributed by atoms with Crippen molar-refractivity contribution in [2.24, 2.45) is 5.41 Å². The number of hydrogen-bond donors (Lipinski definition) is 2. The van der Waals surface area contributed by atoms with Crippen molar-refractivity contribution in [3.8, 4) is 0 Å². The Morgan fingerprint density at radius 1 is 1.43 bits per heavy atom. The molecular formula is C15H21N5O. The average Bonchev–Trinajstić information content (AvgIpc) is 2.97. The summed E-state index contributed by atoms with van der Waals surface area (Å²) < 4.78 is 2.08. The lowest BCUT2D eigenvalue weighted by atomic mass is 9.88. The Morgan fingerprint density at radius 2 is 2.24 bits per heavy atom. The first kappa shape index (κ1) is 13.9. The Balaban J connectivity index is 1.79. The number of hydrogen-bond acceptors (Lipinski definition) is 3. The van der Waals surface area contributed by atoms with Gasteiger partial charge in [-0.05, 0) is 18.8 Å². The van der Waals surface area contributed by atoms with Crippen molar-refractivity contribution in [1.29, 1.82) is 0 Å². The molecule has 0 saturated heterocycles. The van der Waals surface area contributed by atoms with Crippen LogP contribution in [0.15, 0.2) is 12.4 Å². The Labute approximate surface area is 124 Å². The van der Waals surface area contributed by atoms with Crippen LogP contribution in [0.4, 0.5) is 0 Å². The second-order valence-corrected chi connectivity index (χ2v) is 6.45. The highest BCUT2D eigenvalue weighted by Crippen LogP contribution is 2.25. The maximum absolute atomic E-state index is 12.1. The van der Waals surface area contributed by atoms with E-state index in [9.17, 15) is 4.79 Å². The molecule has 6 heteroatoms. The van der Waals surface area contributed by atoms with E-state index in [1.165, 1.54) is 0 Å². The first-order chi connectivity index (χ1) is 9.94. The molecule has 0 aromatic carbocycles. The van der Waals surface area contributed by atoms with Crippen molar-refractivity contribution >= 4 is 5.91 Å². The fourth-order valence-electron chi connectivity index (χ4n) is 2.71. The number of H-pyrrole nitrogens is 1. The molecule has 0 saturated carbocycles. The molecule has 0 radical (unpaired) electrons. The Morgan fingerprint density at radius 3 is 2.95 bits per heavy atom. The molecule has 2 N–H and O–H groups in total. The minimum Gasteiger partial charge on any atom is -0.350 e. The number of aromatic amines is 1. The predicted molar refractivity (Wildman–Crippen MR) is 79.1 cm³/mol. The van der Waals surface area contributed by atoms with E-state index in [0.717, 1.165) is 36.7 Å². The third kappa shape index (κ3) is 2.84. The molecule has 1 aliphatic rings. The number of nitrogens with one attached hydrogen (secondary N) is 2. The molecule has 0 aliphatic carbocycles. The van der Waals surface area contributed by atoms with Crippen molar-refractivity contribution in [3.05, 3.63) is 35.4 Å². The van der Waals surface area contributed by atoms with Crippen molar-refractivity contribution in [3.63, 3.8) is 0 Å². The predicted octanol–water partition coefficient (Wildman–Crippen LogP) is 1.47. The second kappa shape index (κ2) is 5.02. The summed E-state index contributed by atoms with van der Waals surface area (Å²) in [7, 11) is 0. The topological polar surface area (TPSA) is 75.6 Å². The number of amides is 1. The zero-order valence-electron chi connectivity index (χ0n) is 12.7. The van der Waals surface area contributed by atoms with Crippen LogP contribution in [0, 0.1) is 12.3 Å². The van der Waals surface area contributed by atoms with Gasteiger partial charge in [-0.3, -0.25) is 4.79 Å². The smallest absolute Gasteiger partial charge is 0.271 e. The number of carbonyl (C=O) groups is 1. The Hall–Kier alpha value is -2.11. The summed E-state index contributed by atoms with van der Waals surface area (Å²) in [6, 6.07) is 0. The summed E-state index contributed by atoms with van der Waals surface area (Å²) in [6.07, 6.45) is 5.34. The number of carbonyl (C=O) groups excluding carboxylic acids is 1. The number of aromatic nitrogens is 4. The van der Waals surface area contributed by atoms with Crippen LogP contribution in [0.3, 0.4) is 0 Å². The van der Waals surface area contributed by atoms with Gasteiger partial charge in [0.15, 0.2) is 0 Å². The fraction of sp³-hybridized carbons (Fsp3) is 0.533. The van der Waals surface area contributed by atoms with Gasteiger partial charge in [0.05, 0.1) is 0 Å². The third-order valence-electron chi connectivity index (χ3n) is 3.94. The highest BCUT2D eigenvalue weighted by Gasteiger charge is 2.29. The van der Waals surface area contributed by atoms with E-state index in [0.29, 0.717) is 12.2 Å². The summed E-state index contributed by atoms with van der Waals surface area (Å²) in [5, 5.41) is 2.95. The summed E-state index contributed by atoms with van der Waals surface area (Å²) in [5.41, 5.74) is 1.55. The van der Waals surface area contributed by atoms with E-state index in [-0.39, 0.29) is 11.3 Å². The van der Waals surface area contributed by atoms with E-state index in [1.807, 2.05) is 13.1 Å². The van der Waals surface area contributed by atoms with Gasteiger partial charge >= 0.3 is 0 Å². The molecule has 112 valence electrons. The standard InChI is InChI=1S/C15H21N5O/c1-10-16-5-7-20(10)6-4-12-18-11-8-15(2,3)9-17-14(21)13(11)19-12/h5,7H,4,6,8-9H2,1-3H3,(H,17,21)(H,18,19). The van der Waals surface area contributed by atoms with Crippen LogP contribution in [-0.4, -0.2) is 32.0 Å². The summed E-state index contributed by atoms with van der Waals surface area (Å²) in [4.78, 5) is 24.1. The number of nitrogens with zero attached hydrogens (tertiary/aromatic N) is 3. The van der Waals surface area contributed by atoms with Crippen LogP contribution in [0.2, 0.25) is 0 Å². The van der Waals surface area contributed by atoms with Crippen molar-refractivity contribution in [1.82, 2.24) is 24.8 Å². The number of fused-ring (bicyclic) bond motifs is 1. The first-order valence-electron chi connectivity index (χ1n) is 7.28. The highest BCUT2D eigenvalue weighted by molar-refractivity contribution is 5.93. The number of imidazole rings is 2. The van der Waals surface area contributed by atoms with E-state index in [1.54, 1.807) is 6.20 Å². The van der Waals surface area contributed by atoms with Gasteiger partial charge in [0, 0.05) is 37.6 Å². The highest BCUT2D eigenvalue weighted by atomic mass is 16.1. The molecule has 2 aromatic heterocycles. The quantitative estimate of drug-likeness (QED) is 0.897. The summed E-state index contributed by atoms with van der Waals surface area (Å²) >= 11 is 0. The molecule has 0 fully saturated rings. The van der Waals surface area contributed by atoms with E-state index in [2.05, 4.69) is 38.7 Å². The first-order valence-corrected chi connectivity index (χ1v) is 7.28. The average molecular weight is 287 g/mol. The molecule has 0 atom stereocenters. The van der Waals surface area contributed by atoms with Gasteiger partial charge in [-0.2, -0.15) is 0 Å². The summed E-state index contributed by atoms with van der Waals surface area (Å²) in [6.45, 7) is 7.77. The molecular weight excluding hydrogens is 266 g/mol. The minimum atomic E-state index is -0.0723. The normalized spacial score (nSPS) is 17.2. The van der Waals surface area contributed by atoms with Gasteiger partial charge in [-0.25, -0.2) is 9.97 Å². The molecule has 21 heavy (non-hydrogen) atoms. The van der Waals surface area contributed by atoms with Crippen LogP contribution in [0.5, 0.6) is 0 Å². The van der Waals surface area contributed by atoms with E-state index >= 15 is 0 Å². The summed E-state index contributed by atoms with van der Waals surface area (Å²) in [5.74, 6) is 1.78. The van der Waals surface area contributed by atoms with Crippen LogP contribution in [0.1, 0.15) is 41.7 Å². The zero-order valence-corrected chi connectivity index (χ0v) is 12.7. The Kier molecular flexibility index (Phi) is 3.31. The molecule has 0 unspecified atom stereocenters. The van der Waals surface area contributed by atoms with Crippen LogP contribution in [0.25, 0.3) is 0 Å². The molecule has 1 aliphatic heterocycles. The number of aryl methyl sites for hydroxylation is 3. The zero-order chi connectivity index (χ0) is 15.0. The lowest BCUT2D eigenvalue weighted by molar-refractivity contribution is 0.0940. The number of rotatable bonds is 3. The molecule has 3 heterocycles. The van der Waals surface area contributed by atoms with Gasteiger partial charge in [-0.1, -0.05) is 13.8 Å². The van der Waals surface area contributed by atoms with Crippen LogP contribution in [-0.2, 0) is 19.4 Å². The monoisotopic (exact) mass is 287 g/mol. The van der Waals surface area contributed by atoms with Crippen molar-refractivity contribution < 1.29 is 4.79 Å². The van der Waals surface area contributed by atoms with Gasteiger partial charge in [0.1, 0.15) is 17.3 Å². The van der Waals surface area contributed by atoms with E-state index < -0.39 is 0 Å². The van der Waals surface area contributed by atoms with Gasteiger partial charge < -0.3 is 14.9 Å². The molecule has 0 spiro atoms. The maximum atomic E-state index is 12.1. The molecule has 0 bridgehead atoms. The van der Waals surface area contributed by atoms with Gasteiger partial charge in [0.2, 0.25) is 0 Å². The second-order valence-electron chi connectivity index (χ2n) is 6.45. The lowest BCUT2D eigenvalue weighted by Crippen LogP contribution is -2.32. The minimum absolute atomic E-state index is 0.0473. The molecule has 3 rings (SSSR count). The fourth-order valence-corrected chi connectivity index (χ4v) is 2.71. The van der Waals surface area contributed by atoms with Crippen LogP contribution >= 0.6 is 0 Å². The molecule has 2 aromatic rings. The van der Waals surface area contributed by atoms with Crippen LogP contribution < -0.4 is 5.32 Å². The largest absolute Gasteiger partial charge is 0.350 e. The van der Waals surface area contributed by atoms with Gasteiger partial charge in [0.25, 0.3) is 5.91 Å². The SMILES string of the molecule is Cc1nccn1CCc1nc2c([nH]1)CC(C)(C)CNC2=O. The Bertz CT molecular complexity index is 667. The van der Waals surface area contributed by atoms with E-state index in [4.69, 9.17) is 0 Å². The lowest BCUT2D eigenvalue weighted by Gasteiger charge is -2.21. The molecule has 6 nitrogen and oxygen atoms in total. The maximum Gasteiger partial charge on any atom is 0.271 e. The van der Waals surface area contributed by atoms with Crippen molar-refractivity contribution in [2.45, 2.75) is 40.2 Å². The third-order valence-corrected chi connectivity index (χ3v) is 3.94.